The third-order valence-electron chi connectivity index (χ3n) is 5.72. The van der Waals surface area contributed by atoms with Crippen molar-refractivity contribution in [1.29, 1.82) is 0 Å². The van der Waals surface area contributed by atoms with Gasteiger partial charge in [0, 0.05) is 37.2 Å². The second kappa shape index (κ2) is 7.04. The number of nitrogens with one attached hydrogen (secondary N) is 1. The van der Waals surface area contributed by atoms with Gasteiger partial charge in [-0.1, -0.05) is 0 Å². The Kier molecular flexibility index (Phi) is 5.28. The molecule has 2 saturated heterocycles. The lowest BCUT2D eigenvalue weighted by Gasteiger charge is -2.43. The van der Waals surface area contributed by atoms with Gasteiger partial charge in [-0.15, -0.1) is 11.6 Å². The van der Waals surface area contributed by atoms with Crippen LogP contribution in [0.5, 0.6) is 0 Å². The molecular formula is C16H28ClN3O2. The van der Waals surface area contributed by atoms with Crippen molar-refractivity contribution in [3.8, 4) is 0 Å². The summed E-state index contributed by atoms with van der Waals surface area (Å²) in [5, 5.41) is 3.87. The van der Waals surface area contributed by atoms with E-state index < -0.39 is 0 Å². The van der Waals surface area contributed by atoms with Gasteiger partial charge in [0.05, 0.1) is 7.11 Å². The van der Waals surface area contributed by atoms with Gasteiger partial charge in [0.2, 0.25) is 0 Å². The fourth-order valence-corrected chi connectivity index (χ4v) is 4.56. The number of likely N-dealkylation sites (tertiary alicyclic amines) is 1. The summed E-state index contributed by atoms with van der Waals surface area (Å²) in [6.45, 7) is 2.86. The van der Waals surface area contributed by atoms with E-state index in [0.29, 0.717) is 23.4 Å². The molecule has 3 aliphatic rings. The van der Waals surface area contributed by atoms with Gasteiger partial charge < -0.3 is 4.74 Å². The number of carbonyl (C=O) groups excluding carboxylic acids is 1. The highest BCUT2D eigenvalue weighted by atomic mass is 35.5. The third kappa shape index (κ3) is 3.42. The first kappa shape index (κ1) is 16.5. The fourth-order valence-electron chi connectivity index (χ4n) is 4.30. The van der Waals surface area contributed by atoms with Crippen LogP contribution in [0.1, 0.15) is 32.1 Å². The van der Waals surface area contributed by atoms with Crippen molar-refractivity contribution in [3.63, 3.8) is 0 Å². The number of alkyl halides is 1. The summed E-state index contributed by atoms with van der Waals surface area (Å²) in [4.78, 5) is 16.9. The minimum Gasteiger partial charge on any atom is -0.468 e. The number of nitrogens with zero attached hydrogens (tertiary/aromatic N) is 2. The van der Waals surface area contributed by atoms with E-state index in [1.54, 1.807) is 0 Å². The zero-order chi connectivity index (χ0) is 15.7. The van der Waals surface area contributed by atoms with Crippen LogP contribution in [0, 0.1) is 5.92 Å². The highest BCUT2D eigenvalue weighted by molar-refractivity contribution is 6.20. The van der Waals surface area contributed by atoms with Gasteiger partial charge >= 0.3 is 5.97 Å². The molecule has 0 bridgehead atoms. The second-order valence-corrected chi connectivity index (χ2v) is 7.76. The van der Waals surface area contributed by atoms with Crippen molar-refractivity contribution in [1.82, 2.24) is 15.1 Å². The van der Waals surface area contributed by atoms with Crippen LogP contribution in [0.3, 0.4) is 0 Å². The first-order valence-corrected chi connectivity index (χ1v) is 8.91. The lowest BCUT2D eigenvalue weighted by atomic mass is 9.86. The van der Waals surface area contributed by atoms with Gasteiger partial charge in [0.15, 0.2) is 0 Å². The molecule has 3 rings (SSSR count). The number of hydrogen-bond acceptors (Lipinski definition) is 5. The first-order valence-electron chi connectivity index (χ1n) is 8.48. The van der Waals surface area contributed by atoms with Crippen molar-refractivity contribution in [3.05, 3.63) is 0 Å². The Bertz CT molecular complexity index is 401. The number of methoxy groups -OCH3 is 1. The van der Waals surface area contributed by atoms with Crippen LogP contribution < -0.4 is 5.32 Å². The number of ether oxygens (including phenoxy) is 1. The summed E-state index contributed by atoms with van der Waals surface area (Å²) >= 11 is 6.22. The molecule has 0 aromatic rings. The van der Waals surface area contributed by atoms with Crippen LogP contribution >= 0.6 is 11.6 Å². The maximum atomic E-state index is 12.2. The largest absolute Gasteiger partial charge is 0.468 e. The normalized spacial score (nSPS) is 40.4. The van der Waals surface area contributed by atoms with Crippen LogP contribution in [-0.4, -0.2) is 73.2 Å². The quantitative estimate of drug-likeness (QED) is 0.624. The van der Waals surface area contributed by atoms with Crippen LogP contribution in [0.2, 0.25) is 0 Å². The molecule has 1 saturated carbocycles. The second-order valence-electron chi connectivity index (χ2n) is 7.14. The number of hydrogen-bond donors (Lipinski definition) is 1. The predicted octanol–water partition coefficient (Wildman–Crippen LogP) is 1.26. The summed E-state index contributed by atoms with van der Waals surface area (Å²) in [7, 11) is 3.66. The maximum absolute atomic E-state index is 12.2. The van der Waals surface area contributed by atoms with E-state index in [1.165, 1.54) is 20.0 Å². The summed E-state index contributed by atoms with van der Waals surface area (Å²) in [5.41, 5.74) is 0. The Morgan fingerprint density at radius 1 is 1.32 bits per heavy atom. The average Bonchev–Trinajstić information content (AvgIpc) is 2.89. The highest BCUT2D eigenvalue weighted by Crippen LogP contribution is 2.31. The molecule has 3 fully saturated rings. The molecule has 1 aliphatic carbocycles. The lowest BCUT2D eigenvalue weighted by molar-refractivity contribution is -0.149. The fraction of sp³-hybridized carbons (Fsp3) is 0.938. The summed E-state index contributed by atoms with van der Waals surface area (Å²) in [6, 6.07) is 0.813. The molecule has 22 heavy (non-hydrogen) atoms. The van der Waals surface area contributed by atoms with E-state index in [0.717, 1.165) is 39.0 Å². The number of fused-ring (bicyclic) bond motifs is 1. The van der Waals surface area contributed by atoms with E-state index in [1.807, 2.05) is 0 Å². The summed E-state index contributed by atoms with van der Waals surface area (Å²) in [5.74, 6) is 0.583. The van der Waals surface area contributed by atoms with Crippen LogP contribution in [0.15, 0.2) is 0 Å². The molecular weight excluding hydrogens is 302 g/mol. The molecule has 0 aromatic carbocycles. The van der Waals surface area contributed by atoms with Gasteiger partial charge in [-0.05, 0) is 45.1 Å². The lowest BCUT2D eigenvalue weighted by Crippen LogP contribution is -2.59. The van der Waals surface area contributed by atoms with Crippen molar-refractivity contribution in [2.24, 2.45) is 5.92 Å². The van der Waals surface area contributed by atoms with Crippen molar-refractivity contribution >= 4 is 17.6 Å². The number of piperidine rings is 1. The molecule has 6 heteroatoms. The Hall–Kier alpha value is -0.360. The molecule has 2 heterocycles. The topological polar surface area (TPSA) is 44.8 Å². The van der Waals surface area contributed by atoms with E-state index in [9.17, 15) is 4.79 Å². The smallest absolute Gasteiger partial charge is 0.323 e. The van der Waals surface area contributed by atoms with E-state index in [-0.39, 0.29) is 12.0 Å². The predicted molar refractivity (Wildman–Crippen MR) is 86.9 cm³/mol. The van der Waals surface area contributed by atoms with Crippen LogP contribution in [0.4, 0.5) is 0 Å². The zero-order valence-corrected chi connectivity index (χ0v) is 14.4. The van der Waals surface area contributed by atoms with Crippen molar-refractivity contribution in [2.45, 2.75) is 55.6 Å². The molecule has 3 atom stereocenters. The first-order chi connectivity index (χ1) is 10.6. The molecule has 0 spiro atoms. The zero-order valence-electron chi connectivity index (χ0n) is 13.6. The van der Waals surface area contributed by atoms with Crippen LogP contribution in [-0.2, 0) is 9.53 Å². The minimum absolute atomic E-state index is 0.0826. The van der Waals surface area contributed by atoms with Gasteiger partial charge in [-0.2, -0.15) is 0 Å². The molecule has 5 nitrogen and oxygen atoms in total. The monoisotopic (exact) mass is 329 g/mol. The Morgan fingerprint density at radius 2 is 2.05 bits per heavy atom. The van der Waals surface area contributed by atoms with E-state index >= 15 is 0 Å². The molecule has 3 unspecified atom stereocenters. The Morgan fingerprint density at radius 3 is 2.73 bits per heavy atom. The molecule has 126 valence electrons. The Balaban J connectivity index is 1.66. The average molecular weight is 330 g/mol. The number of esters is 1. The molecule has 0 radical (unpaired) electrons. The maximum Gasteiger partial charge on any atom is 0.323 e. The number of halogens is 1. The number of rotatable bonds is 3. The van der Waals surface area contributed by atoms with E-state index in [4.69, 9.17) is 16.3 Å². The SMILES string of the molecule is COC(=O)C1CC2NCN(C)C2CN1CC1CCC(Cl)CC1. The summed E-state index contributed by atoms with van der Waals surface area (Å²) < 4.78 is 5.06. The molecule has 2 aliphatic heterocycles. The van der Waals surface area contributed by atoms with Gasteiger partial charge in [0.25, 0.3) is 0 Å². The minimum atomic E-state index is -0.0982. The van der Waals surface area contributed by atoms with E-state index in [2.05, 4.69) is 22.2 Å². The van der Waals surface area contributed by atoms with Gasteiger partial charge in [0.1, 0.15) is 6.04 Å². The van der Waals surface area contributed by atoms with Crippen molar-refractivity contribution in [2.75, 3.05) is 33.9 Å². The van der Waals surface area contributed by atoms with Crippen LogP contribution in [0.25, 0.3) is 0 Å². The van der Waals surface area contributed by atoms with Gasteiger partial charge in [-0.3, -0.25) is 19.9 Å². The highest BCUT2D eigenvalue weighted by Gasteiger charge is 2.44. The summed E-state index contributed by atoms with van der Waals surface area (Å²) in [6.07, 6.45) is 5.43. The van der Waals surface area contributed by atoms with Gasteiger partial charge in [-0.25, -0.2) is 0 Å². The molecule has 0 amide bonds. The molecule has 1 N–H and O–H groups in total. The number of carbonyl (C=O) groups is 1. The molecule has 0 aromatic heterocycles. The standard InChI is InChI=1S/C16H28ClN3O2/c1-19-10-18-13-7-14(16(21)22-2)20(9-15(13)19)8-11-3-5-12(17)6-4-11/h11-15,18H,3-10H2,1-2H3. The Labute approximate surface area is 138 Å². The third-order valence-corrected chi connectivity index (χ3v) is 6.15. The number of likely N-dealkylation sites (N-methyl/N-ethyl adjacent to an activating group) is 1. The van der Waals surface area contributed by atoms with Crippen molar-refractivity contribution < 1.29 is 9.53 Å².